The van der Waals surface area contributed by atoms with Gasteiger partial charge in [-0.1, -0.05) is 12.1 Å². The predicted octanol–water partition coefficient (Wildman–Crippen LogP) is -0.00810. The van der Waals surface area contributed by atoms with Crippen LogP contribution >= 0.6 is 0 Å². The lowest BCUT2D eigenvalue weighted by molar-refractivity contribution is 0.0630. The number of nitrogens with one attached hydrogen (secondary N) is 1. The van der Waals surface area contributed by atoms with Gasteiger partial charge in [0.15, 0.2) is 0 Å². The van der Waals surface area contributed by atoms with Crippen LogP contribution < -0.4 is 10.5 Å². The van der Waals surface area contributed by atoms with E-state index in [4.69, 9.17) is 9.88 Å². The first kappa shape index (κ1) is 16.1. The zero-order valence-electron chi connectivity index (χ0n) is 11.0. The minimum absolute atomic E-state index is 0.0797. The Kier molecular flexibility index (Phi) is 5.89. The van der Waals surface area contributed by atoms with Crippen LogP contribution in [-0.4, -0.2) is 39.9 Å². The fourth-order valence-corrected chi connectivity index (χ4v) is 2.21. The van der Waals surface area contributed by atoms with E-state index in [-0.39, 0.29) is 17.5 Å². The molecule has 2 atom stereocenters. The summed E-state index contributed by atoms with van der Waals surface area (Å²) in [7, 11) is -2.18. The fourth-order valence-electron chi connectivity index (χ4n) is 1.64. The van der Waals surface area contributed by atoms with Crippen molar-refractivity contribution in [3.05, 3.63) is 29.8 Å². The molecule has 0 aliphatic carbocycles. The van der Waals surface area contributed by atoms with Gasteiger partial charge in [0.2, 0.25) is 10.0 Å². The molecule has 4 N–H and O–H groups in total. The highest BCUT2D eigenvalue weighted by Gasteiger charge is 2.12. The van der Waals surface area contributed by atoms with Crippen molar-refractivity contribution in [2.45, 2.75) is 24.0 Å². The zero-order valence-corrected chi connectivity index (χ0v) is 11.9. The Morgan fingerprint density at radius 3 is 2.74 bits per heavy atom. The van der Waals surface area contributed by atoms with Gasteiger partial charge in [-0.3, -0.25) is 0 Å². The van der Waals surface area contributed by atoms with Gasteiger partial charge in [-0.25, -0.2) is 13.6 Å². The monoisotopic (exact) mass is 288 g/mol. The predicted molar refractivity (Wildman–Crippen MR) is 72.1 cm³/mol. The topological polar surface area (TPSA) is 102 Å². The van der Waals surface area contributed by atoms with Gasteiger partial charge in [-0.15, -0.1) is 0 Å². The van der Waals surface area contributed by atoms with Crippen LogP contribution in [0.2, 0.25) is 0 Å². The second-order valence-electron chi connectivity index (χ2n) is 4.36. The number of aliphatic hydroxyl groups is 1. The number of ether oxygens (including phenoxy) is 1. The molecule has 1 aromatic rings. The standard InChI is InChI=1S/C12H20N2O4S/c1-9(14-7-11(15)8-18-2)10-4-3-5-12(6-10)19(13,16)17/h3-6,9,11,14-15H,7-8H2,1-2H3,(H2,13,16,17). The molecule has 0 bridgehead atoms. The van der Waals surface area contributed by atoms with Crippen molar-refractivity contribution in [1.82, 2.24) is 5.32 Å². The Labute approximate surface area is 113 Å². The number of sulfonamides is 1. The van der Waals surface area contributed by atoms with Gasteiger partial charge in [0.05, 0.1) is 17.6 Å². The summed E-state index contributed by atoms with van der Waals surface area (Å²) in [6.07, 6.45) is -0.603. The molecule has 0 heterocycles. The Hall–Kier alpha value is -0.990. The lowest BCUT2D eigenvalue weighted by Gasteiger charge is -2.17. The van der Waals surface area contributed by atoms with Crippen molar-refractivity contribution >= 4 is 10.0 Å². The maximum absolute atomic E-state index is 11.3. The maximum Gasteiger partial charge on any atom is 0.238 e. The Bertz CT molecular complexity index is 504. The zero-order chi connectivity index (χ0) is 14.5. The summed E-state index contributed by atoms with van der Waals surface area (Å²) in [5.41, 5.74) is 0.788. The van der Waals surface area contributed by atoms with E-state index >= 15 is 0 Å². The lowest BCUT2D eigenvalue weighted by atomic mass is 10.1. The first-order valence-electron chi connectivity index (χ1n) is 5.87. The molecule has 0 saturated carbocycles. The van der Waals surface area contributed by atoms with E-state index in [0.29, 0.717) is 6.54 Å². The second kappa shape index (κ2) is 6.97. The number of aliphatic hydroxyl groups excluding tert-OH is 1. The van der Waals surface area contributed by atoms with Crippen LogP contribution in [-0.2, 0) is 14.8 Å². The average Bonchev–Trinajstić information content (AvgIpc) is 2.35. The molecule has 19 heavy (non-hydrogen) atoms. The molecule has 0 spiro atoms. The molecule has 0 aromatic heterocycles. The van der Waals surface area contributed by atoms with E-state index in [1.807, 2.05) is 6.92 Å². The van der Waals surface area contributed by atoms with E-state index in [9.17, 15) is 13.5 Å². The Morgan fingerprint density at radius 2 is 2.16 bits per heavy atom. The first-order valence-corrected chi connectivity index (χ1v) is 7.42. The number of methoxy groups -OCH3 is 1. The van der Waals surface area contributed by atoms with Gasteiger partial charge in [-0.2, -0.15) is 0 Å². The molecule has 0 aliphatic rings. The first-order chi connectivity index (χ1) is 8.84. The molecule has 0 saturated heterocycles. The van der Waals surface area contributed by atoms with Crippen molar-refractivity contribution in [3.63, 3.8) is 0 Å². The van der Waals surface area contributed by atoms with Crippen molar-refractivity contribution in [2.24, 2.45) is 5.14 Å². The molecule has 108 valence electrons. The smallest absolute Gasteiger partial charge is 0.238 e. The van der Waals surface area contributed by atoms with Gasteiger partial charge in [0.25, 0.3) is 0 Å². The van der Waals surface area contributed by atoms with Gasteiger partial charge >= 0.3 is 0 Å². The van der Waals surface area contributed by atoms with Crippen molar-refractivity contribution in [2.75, 3.05) is 20.3 Å². The summed E-state index contributed by atoms with van der Waals surface area (Å²) in [5, 5.41) is 17.7. The Balaban J connectivity index is 2.70. The molecule has 0 radical (unpaired) electrons. The highest BCUT2D eigenvalue weighted by atomic mass is 32.2. The summed E-state index contributed by atoms with van der Waals surface area (Å²) in [6.45, 7) is 2.48. The van der Waals surface area contributed by atoms with Crippen LogP contribution in [0.5, 0.6) is 0 Å². The summed E-state index contributed by atoms with van der Waals surface area (Å²) in [5.74, 6) is 0. The maximum atomic E-state index is 11.3. The number of benzene rings is 1. The molecule has 6 nitrogen and oxygen atoms in total. The molecular weight excluding hydrogens is 268 g/mol. The third-order valence-corrected chi connectivity index (χ3v) is 3.62. The average molecular weight is 288 g/mol. The normalized spacial score (nSPS) is 15.2. The van der Waals surface area contributed by atoms with Crippen LogP contribution in [0.1, 0.15) is 18.5 Å². The van der Waals surface area contributed by atoms with E-state index in [1.165, 1.54) is 19.2 Å². The lowest BCUT2D eigenvalue weighted by Crippen LogP contribution is -2.31. The molecule has 2 unspecified atom stereocenters. The molecule has 0 aliphatic heterocycles. The van der Waals surface area contributed by atoms with Gasteiger partial charge in [0, 0.05) is 19.7 Å². The van der Waals surface area contributed by atoms with Crippen molar-refractivity contribution < 1.29 is 18.3 Å². The van der Waals surface area contributed by atoms with Gasteiger partial charge < -0.3 is 15.2 Å². The van der Waals surface area contributed by atoms with E-state index in [2.05, 4.69) is 5.32 Å². The van der Waals surface area contributed by atoms with E-state index < -0.39 is 16.1 Å². The summed E-state index contributed by atoms with van der Waals surface area (Å²) < 4.78 is 27.3. The third kappa shape index (κ3) is 5.25. The van der Waals surface area contributed by atoms with Crippen LogP contribution in [0.3, 0.4) is 0 Å². The molecule has 1 aromatic carbocycles. The van der Waals surface area contributed by atoms with Crippen molar-refractivity contribution in [3.8, 4) is 0 Å². The molecule has 0 fully saturated rings. The van der Waals surface area contributed by atoms with E-state index in [1.54, 1.807) is 12.1 Å². The summed E-state index contributed by atoms with van der Waals surface area (Å²) in [6, 6.07) is 6.31. The minimum atomic E-state index is -3.70. The highest BCUT2D eigenvalue weighted by Crippen LogP contribution is 2.16. The molecule has 1 rings (SSSR count). The van der Waals surface area contributed by atoms with Crippen LogP contribution in [0.25, 0.3) is 0 Å². The highest BCUT2D eigenvalue weighted by molar-refractivity contribution is 7.89. The Morgan fingerprint density at radius 1 is 1.47 bits per heavy atom. The third-order valence-electron chi connectivity index (χ3n) is 2.71. The van der Waals surface area contributed by atoms with Crippen molar-refractivity contribution in [1.29, 1.82) is 0 Å². The molecule has 7 heteroatoms. The van der Waals surface area contributed by atoms with E-state index in [0.717, 1.165) is 5.56 Å². The minimum Gasteiger partial charge on any atom is -0.389 e. The number of hydrogen-bond donors (Lipinski definition) is 3. The number of nitrogens with two attached hydrogens (primary N) is 1. The number of primary sulfonamides is 1. The number of hydrogen-bond acceptors (Lipinski definition) is 5. The molecular formula is C12H20N2O4S. The van der Waals surface area contributed by atoms with Crippen LogP contribution in [0.15, 0.2) is 29.2 Å². The van der Waals surface area contributed by atoms with Gasteiger partial charge in [-0.05, 0) is 24.6 Å². The summed E-state index contributed by atoms with van der Waals surface area (Å²) >= 11 is 0. The fraction of sp³-hybridized carbons (Fsp3) is 0.500. The summed E-state index contributed by atoms with van der Waals surface area (Å²) in [4.78, 5) is 0.0797. The molecule has 0 amide bonds. The second-order valence-corrected chi connectivity index (χ2v) is 5.92. The quantitative estimate of drug-likeness (QED) is 0.655. The van der Waals surface area contributed by atoms with Crippen LogP contribution in [0.4, 0.5) is 0 Å². The van der Waals surface area contributed by atoms with Crippen LogP contribution in [0, 0.1) is 0 Å². The largest absolute Gasteiger partial charge is 0.389 e. The SMILES string of the molecule is COCC(O)CNC(C)c1cccc(S(N)(=O)=O)c1. The van der Waals surface area contributed by atoms with Gasteiger partial charge in [0.1, 0.15) is 0 Å². The number of rotatable bonds is 7.